The number of hydrogen-bond donors (Lipinski definition) is 2. The van der Waals surface area contributed by atoms with Crippen molar-refractivity contribution in [2.24, 2.45) is 5.92 Å². The molecule has 0 saturated carbocycles. The van der Waals surface area contributed by atoms with Crippen molar-refractivity contribution in [1.29, 1.82) is 0 Å². The van der Waals surface area contributed by atoms with Crippen LogP contribution in [0, 0.1) is 5.92 Å². The molecule has 8 nitrogen and oxygen atoms in total. The maximum absolute atomic E-state index is 13.0. The molecule has 1 heterocycles. The number of ether oxygens (including phenoxy) is 2. The van der Waals surface area contributed by atoms with Crippen molar-refractivity contribution in [3.05, 3.63) is 77.6 Å². The molecule has 2 amide bonds. The second-order valence-electron chi connectivity index (χ2n) is 7.99. The quantitative estimate of drug-likeness (QED) is 0.495. The Morgan fingerprint density at radius 3 is 2.24 bits per heavy atom. The highest BCUT2D eigenvalue weighted by Gasteiger charge is 2.25. The van der Waals surface area contributed by atoms with Crippen molar-refractivity contribution in [1.82, 2.24) is 20.4 Å². The molecule has 0 spiro atoms. The molecule has 2 N–H and O–H groups in total. The SMILES string of the molecule is COc1cc(OC)cc(C(=O)N[C@H](C(=O)NCc2ccccc2Cn2cccn2)C(C)C)c1. The number of carbonyl (C=O) groups excluding carboxylic acids is 2. The summed E-state index contributed by atoms with van der Waals surface area (Å²) in [5.74, 6) is 0.265. The Labute approximate surface area is 193 Å². The molecule has 2 aromatic carbocycles. The molecule has 8 heteroatoms. The maximum Gasteiger partial charge on any atom is 0.252 e. The van der Waals surface area contributed by atoms with E-state index in [0.717, 1.165) is 11.1 Å². The Hall–Kier alpha value is -3.81. The lowest BCUT2D eigenvalue weighted by Crippen LogP contribution is -2.49. The number of rotatable bonds is 10. The minimum absolute atomic E-state index is 0.110. The van der Waals surface area contributed by atoms with Gasteiger partial charge in [0.05, 0.1) is 20.8 Å². The fourth-order valence-electron chi connectivity index (χ4n) is 3.44. The predicted molar refractivity (Wildman–Crippen MR) is 125 cm³/mol. The summed E-state index contributed by atoms with van der Waals surface area (Å²) in [5.41, 5.74) is 2.41. The summed E-state index contributed by atoms with van der Waals surface area (Å²) in [7, 11) is 3.04. The Kier molecular flexibility index (Phi) is 8.07. The summed E-state index contributed by atoms with van der Waals surface area (Å²) < 4.78 is 12.3. The fraction of sp³-hybridized carbons (Fsp3) is 0.320. The Morgan fingerprint density at radius 2 is 1.67 bits per heavy atom. The molecule has 1 aromatic heterocycles. The molecule has 0 saturated heterocycles. The van der Waals surface area contributed by atoms with Crippen LogP contribution in [0.5, 0.6) is 11.5 Å². The highest BCUT2D eigenvalue weighted by Crippen LogP contribution is 2.22. The van der Waals surface area contributed by atoms with Gasteiger partial charge in [-0.1, -0.05) is 38.1 Å². The molecule has 3 aromatic rings. The zero-order valence-electron chi connectivity index (χ0n) is 19.4. The monoisotopic (exact) mass is 450 g/mol. The topological polar surface area (TPSA) is 94.5 Å². The van der Waals surface area contributed by atoms with Crippen LogP contribution in [0.1, 0.15) is 35.3 Å². The van der Waals surface area contributed by atoms with Gasteiger partial charge < -0.3 is 20.1 Å². The largest absolute Gasteiger partial charge is 0.497 e. The third-order valence-electron chi connectivity index (χ3n) is 5.31. The normalized spacial score (nSPS) is 11.7. The van der Waals surface area contributed by atoms with E-state index in [1.807, 2.05) is 55.1 Å². The van der Waals surface area contributed by atoms with Gasteiger partial charge in [-0.05, 0) is 35.2 Å². The lowest BCUT2D eigenvalue weighted by molar-refractivity contribution is -0.124. The van der Waals surface area contributed by atoms with Gasteiger partial charge in [-0.25, -0.2) is 0 Å². The highest BCUT2D eigenvalue weighted by molar-refractivity contribution is 5.98. The van der Waals surface area contributed by atoms with Crippen molar-refractivity contribution in [2.75, 3.05) is 14.2 Å². The van der Waals surface area contributed by atoms with Crippen LogP contribution in [0.2, 0.25) is 0 Å². The average molecular weight is 451 g/mol. The molecule has 0 unspecified atom stereocenters. The van der Waals surface area contributed by atoms with Gasteiger partial charge in [0.2, 0.25) is 5.91 Å². The third-order valence-corrected chi connectivity index (χ3v) is 5.31. The van der Waals surface area contributed by atoms with Crippen molar-refractivity contribution < 1.29 is 19.1 Å². The third kappa shape index (κ3) is 6.35. The molecule has 0 fully saturated rings. The molecule has 0 aliphatic heterocycles. The van der Waals surface area contributed by atoms with Gasteiger partial charge in [-0.15, -0.1) is 0 Å². The number of hydrogen-bond acceptors (Lipinski definition) is 5. The summed E-state index contributed by atoms with van der Waals surface area (Å²) in [6.45, 7) is 4.74. The van der Waals surface area contributed by atoms with E-state index in [4.69, 9.17) is 9.47 Å². The molecule has 0 aliphatic rings. The zero-order valence-corrected chi connectivity index (χ0v) is 19.4. The molecule has 33 heavy (non-hydrogen) atoms. The second kappa shape index (κ2) is 11.2. The first-order valence-corrected chi connectivity index (χ1v) is 10.8. The second-order valence-corrected chi connectivity index (χ2v) is 7.99. The number of methoxy groups -OCH3 is 2. The highest BCUT2D eigenvalue weighted by atomic mass is 16.5. The van der Waals surface area contributed by atoms with Gasteiger partial charge in [0, 0.05) is 30.6 Å². The summed E-state index contributed by atoms with van der Waals surface area (Å²) in [4.78, 5) is 25.9. The Balaban J connectivity index is 1.68. The van der Waals surface area contributed by atoms with Crippen molar-refractivity contribution in [3.8, 4) is 11.5 Å². The fourth-order valence-corrected chi connectivity index (χ4v) is 3.44. The number of benzene rings is 2. The number of amides is 2. The van der Waals surface area contributed by atoms with E-state index in [9.17, 15) is 9.59 Å². The van der Waals surface area contributed by atoms with E-state index in [1.165, 1.54) is 14.2 Å². The van der Waals surface area contributed by atoms with Gasteiger partial charge in [0.1, 0.15) is 17.5 Å². The molecule has 0 aliphatic carbocycles. The van der Waals surface area contributed by atoms with Gasteiger partial charge in [-0.2, -0.15) is 5.10 Å². The minimum Gasteiger partial charge on any atom is -0.497 e. The average Bonchev–Trinajstić information content (AvgIpc) is 3.34. The van der Waals surface area contributed by atoms with Crippen LogP contribution in [0.3, 0.4) is 0 Å². The predicted octanol–water partition coefficient (Wildman–Crippen LogP) is 3.02. The number of carbonyl (C=O) groups is 2. The van der Waals surface area contributed by atoms with E-state index in [1.54, 1.807) is 24.4 Å². The maximum atomic E-state index is 13.0. The van der Waals surface area contributed by atoms with Crippen LogP contribution in [-0.4, -0.2) is 41.9 Å². The first-order chi connectivity index (χ1) is 15.9. The number of nitrogens with zero attached hydrogens (tertiary/aromatic N) is 2. The van der Waals surface area contributed by atoms with Gasteiger partial charge in [0.25, 0.3) is 5.91 Å². The van der Waals surface area contributed by atoms with Crippen LogP contribution < -0.4 is 20.1 Å². The first kappa shape index (κ1) is 23.8. The lowest BCUT2D eigenvalue weighted by Gasteiger charge is -2.22. The Bertz CT molecular complexity index is 1060. The minimum atomic E-state index is -0.701. The summed E-state index contributed by atoms with van der Waals surface area (Å²) in [6.07, 6.45) is 3.63. The van der Waals surface area contributed by atoms with Crippen molar-refractivity contribution in [2.45, 2.75) is 33.0 Å². The van der Waals surface area contributed by atoms with Gasteiger partial charge in [-0.3, -0.25) is 14.3 Å². The molecular formula is C25H30N4O4. The van der Waals surface area contributed by atoms with Crippen LogP contribution in [0.25, 0.3) is 0 Å². The van der Waals surface area contributed by atoms with Crippen LogP contribution >= 0.6 is 0 Å². The van der Waals surface area contributed by atoms with Gasteiger partial charge in [0.15, 0.2) is 0 Å². The Morgan fingerprint density at radius 1 is 1.00 bits per heavy atom. The lowest BCUT2D eigenvalue weighted by atomic mass is 10.0. The standard InChI is InChI=1S/C25H30N4O4/c1-17(2)23(28-24(30)20-12-21(32-3)14-22(13-20)33-4)25(31)26-15-18-8-5-6-9-19(18)16-29-11-7-10-27-29/h5-14,17,23H,15-16H2,1-4H3,(H,26,31)(H,28,30)/t23-/m0/s1. The van der Waals surface area contributed by atoms with E-state index in [0.29, 0.717) is 30.2 Å². The summed E-state index contributed by atoms with van der Waals surface area (Å²) in [5, 5.41) is 10.1. The van der Waals surface area contributed by atoms with Crippen LogP contribution in [-0.2, 0) is 17.9 Å². The molecule has 1 atom stereocenters. The first-order valence-electron chi connectivity index (χ1n) is 10.8. The van der Waals surface area contributed by atoms with E-state index < -0.39 is 6.04 Å². The van der Waals surface area contributed by atoms with E-state index in [2.05, 4.69) is 15.7 Å². The van der Waals surface area contributed by atoms with Crippen molar-refractivity contribution >= 4 is 11.8 Å². The van der Waals surface area contributed by atoms with Crippen molar-refractivity contribution in [3.63, 3.8) is 0 Å². The van der Waals surface area contributed by atoms with Crippen LogP contribution in [0.15, 0.2) is 60.9 Å². The smallest absolute Gasteiger partial charge is 0.252 e. The molecular weight excluding hydrogens is 420 g/mol. The van der Waals surface area contributed by atoms with Gasteiger partial charge >= 0.3 is 0 Å². The number of aromatic nitrogens is 2. The summed E-state index contributed by atoms with van der Waals surface area (Å²) >= 11 is 0. The van der Waals surface area contributed by atoms with Crippen LogP contribution in [0.4, 0.5) is 0 Å². The molecule has 0 radical (unpaired) electrons. The summed E-state index contributed by atoms with van der Waals surface area (Å²) in [6, 6.07) is 14.0. The molecule has 174 valence electrons. The zero-order chi connectivity index (χ0) is 23.8. The molecule has 3 rings (SSSR count). The number of nitrogens with one attached hydrogen (secondary N) is 2. The van der Waals surface area contributed by atoms with E-state index in [-0.39, 0.29) is 17.7 Å². The van der Waals surface area contributed by atoms with E-state index >= 15 is 0 Å². The molecule has 0 bridgehead atoms.